The fourth-order valence-corrected chi connectivity index (χ4v) is 3.53. The molecule has 0 aliphatic carbocycles. The van der Waals surface area contributed by atoms with Crippen LogP contribution in [0, 0.1) is 18.8 Å². The molecule has 148 valence electrons. The number of aryl methyl sites for hydroxylation is 1. The van der Waals surface area contributed by atoms with Crippen LogP contribution in [-0.2, 0) is 17.8 Å². The lowest BCUT2D eigenvalue weighted by Gasteiger charge is -2.11. The van der Waals surface area contributed by atoms with Crippen molar-refractivity contribution in [2.24, 2.45) is 0 Å². The molecule has 1 amide bonds. The first kappa shape index (κ1) is 20.6. The number of carbonyl (C=O) groups excluding carboxylic acids is 1. The van der Waals surface area contributed by atoms with Crippen molar-refractivity contribution in [3.05, 3.63) is 64.1 Å². The van der Waals surface area contributed by atoms with E-state index < -0.39 is 0 Å². The van der Waals surface area contributed by atoms with Crippen LogP contribution < -0.4 is 5.32 Å². The van der Waals surface area contributed by atoms with Crippen molar-refractivity contribution in [1.82, 2.24) is 19.9 Å². The molecule has 3 aromatic rings. The Hall–Kier alpha value is -3.11. The van der Waals surface area contributed by atoms with Crippen LogP contribution in [0.3, 0.4) is 0 Å². The molecule has 0 saturated carbocycles. The first-order valence-corrected chi connectivity index (χ1v) is 9.83. The van der Waals surface area contributed by atoms with Crippen molar-refractivity contribution >= 4 is 38.7 Å². The van der Waals surface area contributed by atoms with Gasteiger partial charge in [-0.25, -0.2) is 4.98 Å². The predicted octanol–water partition coefficient (Wildman–Crippen LogP) is 4.07. The molecule has 0 fully saturated rings. The van der Waals surface area contributed by atoms with Crippen molar-refractivity contribution in [3.63, 3.8) is 0 Å². The van der Waals surface area contributed by atoms with Gasteiger partial charge >= 0.3 is 0 Å². The van der Waals surface area contributed by atoms with E-state index in [-0.39, 0.29) is 5.91 Å². The molecule has 1 aromatic carbocycles. The zero-order valence-corrected chi connectivity index (χ0v) is 18.1. The van der Waals surface area contributed by atoms with E-state index in [1.54, 1.807) is 24.7 Å². The number of benzene rings is 1. The number of amides is 1. The second-order valence-corrected chi connectivity index (χ2v) is 6.99. The van der Waals surface area contributed by atoms with Crippen LogP contribution in [0.4, 0.5) is 0 Å². The highest BCUT2D eigenvalue weighted by molar-refractivity contribution is 9.10. The summed E-state index contributed by atoms with van der Waals surface area (Å²) in [4.78, 5) is 22.1. The number of carbonyl (C=O) groups is 1. The number of halogens is 1. The number of hydrogen-bond donors (Lipinski definition) is 1. The number of nitrogens with zero attached hydrogens (tertiary/aromatic N) is 3. The third-order valence-corrected chi connectivity index (χ3v) is 4.91. The van der Waals surface area contributed by atoms with Gasteiger partial charge in [0.15, 0.2) is 4.73 Å². The van der Waals surface area contributed by atoms with Crippen molar-refractivity contribution in [1.29, 1.82) is 0 Å². The quantitative estimate of drug-likeness (QED) is 0.451. The Balaban J connectivity index is 1.93. The molecule has 7 heteroatoms. The fraction of sp³-hybridized carbons (Fsp3) is 0.227. The van der Waals surface area contributed by atoms with Gasteiger partial charge in [-0.05, 0) is 41.2 Å². The maximum atomic E-state index is 13.1. The molecular weight excluding hydrogens is 432 g/mol. The van der Waals surface area contributed by atoms with Crippen LogP contribution in [0.5, 0.6) is 0 Å². The Bertz CT molecular complexity index is 1140. The number of hydrogen-bond acceptors (Lipinski definition) is 4. The van der Waals surface area contributed by atoms with Crippen LogP contribution in [0.1, 0.15) is 34.5 Å². The molecule has 3 rings (SSSR count). The Labute approximate surface area is 178 Å². The highest BCUT2D eigenvalue weighted by Crippen LogP contribution is 2.20. The molecular formula is C22H21BrN4O2. The lowest BCUT2D eigenvalue weighted by molar-refractivity contribution is 0.0941. The zero-order valence-electron chi connectivity index (χ0n) is 16.5. The van der Waals surface area contributed by atoms with E-state index in [1.807, 2.05) is 37.3 Å². The number of methoxy groups -OCH3 is 1. The van der Waals surface area contributed by atoms with Gasteiger partial charge in [-0.3, -0.25) is 9.78 Å². The molecule has 0 bridgehead atoms. The van der Waals surface area contributed by atoms with Gasteiger partial charge < -0.3 is 14.6 Å². The monoisotopic (exact) mass is 452 g/mol. The molecule has 2 aromatic heterocycles. The van der Waals surface area contributed by atoms with E-state index in [1.165, 1.54) is 6.26 Å². The smallest absolute Gasteiger partial charge is 0.270 e. The minimum Gasteiger partial charge on any atom is -0.504 e. The van der Waals surface area contributed by atoms with Gasteiger partial charge in [0.25, 0.3) is 5.91 Å². The zero-order chi connectivity index (χ0) is 20.8. The van der Waals surface area contributed by atoms with Gasteiger partial charge in [0.05, 0.1) is 37.8 Å². The summed E-state index contributed by atoms with van der Waals surface area (Å²) in [6.07, 6.45) is 3.13. The average Bonchev–Trinajstić information content (AvgIpc) is 3.03. The van der Waals surface area contributed by atoms with Crippen LogP contribution >= 0.6 is 15.9 Å². The van der Waals surface area contributed by atoms with Crippen LogP contribution in [-0.4, -0.2) is 27.6 Å². The van der Waals surface area contributed by atoms with Crippen molar-refractivity contribution < 1.29 is 9.53 Å². The van der Waals surface area contributed by atoms with Crippen LogP contribution in [0.15, 0.2) is 41.3 Å². The number of nitrogens with one attached hydrogen (secondary N) is 1. The average molecular weight is 453 g/mol. The number of ether oxygens (including phenoxy) is 1. The maximum absolute atomic E-state index is 13.1. The van der Waals surface area contributed by atoms with Gasteiger partial charge in [0, 0.05) is 17.2 Å². The number of aromatic nitrogens is 3. The van der Waals surface area contributed by atoms with Gasteiger partial charge in [-0.1, -0.05) is 30.2 Å². The number of pyridine rings is 1. The first-order valence-electron chi connectivity index (χ1n) is 9.03. The second-order valence-electron chi connectivity index (χ2n) is 6.28. The molecule has 0 aliphatic rings. The normalized spacial score (nSPS) is 10.8. The van der Waals surface area contributed by atoms with Crippen LogP contribution in [0.2, 0.25) is 0 Å². The van der Waals surface area contributed by atoms with E-state index >= 15 is 0 Å². The van der Waals surface area contributed by atoms with E-state index in [9.17, 15) is 4.79 Å². The van der Waals surface area contributed by atoms with E-state index in [4.69, 9.17) is 4.74 Å². The minimum atomic E-state index is -0.260. The molecule has 0 aliphatic heterocycles. The fourth-order valence-electron chi connectivity index (χ4n) is 3.03. The summed E-state index contributed by atoms with van der Waals surface area (Å²) in [5, 5.41) is 5.09. The topological polar surface area (TPSA) is 69.0 Å². The molecule has 0 spiro atoms. The third-order valence-electron chi connectivity index (χ3n) is 4.30. The molecule has 2 heterocycles. The Kier molecular flexibility index (Phi) is 6.68. The highest BCUT2D eigenvalue weighted by Gasteiger charge is 2.21. The van der Waals surface area contributed by atoms with Gasteiger partial charge in [0.1, 0.15) is 5.69 Å². The second kappa shape index (κ2) is 9.39. The summed E-state index contributed by atoms with van der Waals surface area (Å²) in [7, 11) is 1.54. The van der Waals surface area contributed by atoms with E-state index in [0.29, 0.717) is 29.2 Å². The highest BCUT2D eigenvalue weighted by atomic mass is 79.9. The van der Waals surface area contributed by atoms with E-state index in [0.717, 1.165) is 22.2 Å². The summed E-state index contributed by atoms with van der Waals surface area (Å²) in [6.45, 7) is 4.35. The molecule has 29 heavy (non-hydrogen) atoms. The number of imidazole rings is 1. The molecule has 0 radical (unpaired) electrons. The van der Waals surface area contributed by atoms with Crippen LogP contribution in [0.25, 0.3) is 16.8 Å². The molecule has 1 N–H and O–H groups in total. The number of rotatable bonds is 6. The van der Waals surface area contributed by atoms with Crippen molar-refractivity contribution in [3.8, 4) is 11.8 Å². The largest absolute Gasteiger partial charge is 0.504 e. The van der Waals surface area contributed by atoms with E-state index in [2.05, 4.69) is 43.1 Å². The summed E-state index contributed by atoms with van der Waals surface area (Å²) < 4.78 is 7.24. The lowest BCUT2D eigenvalue weighted by Crippen LogP contribution is -2.27. The molecule has 0 atom stereocenters. The number of fused-ring (bicyclic) bond motifs is 1. The molecule has 0 unspecified atom stereocenters. The summed E-state index contributed by atoms with van der Waals surface area (Å²) in [5.41, 5.74) is 2.63. The lowest BCUT2D eigenvalue weighted by atomic mass is 10.1. The molecule has 6 nitrogen and oxygen atoms in total. The summed E-state index contributed by atoms with van der Waals surface area (Å²) >= 11 is 3.41. The van der Waals surface area contributed by atoms with Crippen molar-refractivity contribution in [2.75, 3.05) is 7.11 Å². The standard InChI is InChI=1S/C22H21BrN4O2/c1-4-5-11-27-20(18(10-12-29-3)26-22(27)23)21(28)24-14-19-17-9-7-6-8-16(17)13-15(2)25-19/h6-10,12-13H,11,14H2,1-3H3,(H,24,28)/b12-10+. The predicted molar refractivity (Wildman–Crippen MR) is 117 cm³/mol. The van der Waals surface area contributed by atoms with Gasteiger partial charge in [0.2, 0.25) is 0 Å². The van der Waals surface area contributed by atoms with Crippen molar-refractivity contribution in [2.45, 2.75) is 26.9 Å². The Morgan fingerprint density at radius 3 is 2.90 bits per heavy atom. The first-order chi connectivity index (χ1) is 14.0. The Morgan fingerprint density at radius 2 is 2.14 bits per heavy atom. The molecule has 0 saturated heterocycles. The van der Waals surface area contributed by atoms with Gasteiger partial charge in [-0.15, -0.1) is 5.92 Å². The SMILES string of the molecule is CC#CCn1c(Br)nc(/C=C/OC)c1C(=O)NCc1nc(C)cc2ccccc12. The summed E-state index contributed by atoms with van der Waals surface area (Å²) in [5.74, 6) is 5.55. The third kappa shape index (κ3) is 4.66. The van der Waals surface area contributed by atoms with Gasteiger partial charge in [-0.2, -0.15) is 0 Å². The minimum absolute atomic E-state index is 0.260. The Morgan fingerprint density at radius 1 is 1.34 bits per heavy atom. The maximum Gasteiger partial charge on any atom is 0.270 e. The summed E-state index contributed by atoms with van der Waals surface area (Å²) in [6, 6.07) is 10.0.